The molecule has 0 bridgehead atoms. The fraction of sp³-hybridized carbons (Fsp3) is 0.500. The van der Waals surface area contributed by atoms with Gasteiger partial charge in [-0.05, 0) is 56.4 Å². The van der Waals surface area contributed by atoms with E-state index in [0.717, 1.165) is 51.7 Å². The van der Waals surface area contributed by atoms with Crippen LogP contribution in [0.25, 0.3) is 0 Å². The second-order valence-corrected chi connectivity index (χ2v) is 13.5. The number of halogens is 2. The number of rotatable bonds is 6. The van der Waals surface area contributed by atoms with Crippen LogP contribution in [-0.4, -0.2) is 96.7 Å². The van der Waals surface area contributed by atoms with Crippen molar-refractivity contribution in [2.24, 2.45) is 9.39 Å². The van der Waals surface area contributed by atoms with E-state index >= 15 is 0 Å². The molecule has 12 nitrogen and oxygen atoms in total. The van der Waals surface area contributed by atoms with Crippen molar-refractivity contribution in [3.63, 3.8) is 0 Å². The highest BCUT2D eigenvalue weighted by molar-refractivity contribution is 7.89. The van der Waals surface area contributed by atoms with Gasteiger partial charge in [0.25, 0.3) is 5.91 Å². The molecule has 1 amide bonds. The Morgan fingerprint density at radius 1 is 1.14 bits per heavy atom. The van der Waals surface area contributed by atoms with Crippen molar-refractivity contribution < 1.29 is 18.3 Å². The molecule has 0 unspecified atom stereocenters. The number of amides is 1. The average molecular weight is 650 g/mol. The normalized spacial score (nSPS) is 23.7. The van der Waals surface area contributed by atoms with Gasteiger partial charge in [0, 0.05) is 49.8 Å². The lowest BCUT2D eigenvalue weighted by Gasteiger charge is -2.47. The number of likely N-dealkylation sites (tertiary alicyclic amines) is 1. The summed E-state index contributed by atoms with van der Waals surface area (Å²) in [6.45, 7) is 5.78. The number of nitrogens with zero attached hydrogens (tertiary/aromatic N) is 6. The number of hydrogen-bond donors (Lipinski definition) is 3. The minimum atomic E-state index is -3.82. The third kappa shape index (κ3) is 6.69. The molecule has 2 saturated heterocycles. The Bertz CT molecular complexity index is 1570. The number of aromatic hydroxyl groups is 1. The summed E-state index contributed by atoms with van der Waals surface area (Å²) in [5, 5.41) is 14.0. The number of phenolic OH excluding ortho intramolecular Hbond substituents is 1. The molecule has 3 N–H and O–H groups in total. The first-order valence-corrected chi connectivity index (χ1v) is 16.7. The second kappa shape index (κ2) is 12.1. The summed E-state index contributed by atoms with van der Waals surface area (Å²) in [4.78, 5) is 28.6. The Labute approximate surface area is 261 Å². The molecular weight excluding hydrogens is 615 g/mol. The maximum Gasteiger partial charge on any atom is 0.345 e. The van der Waals surface area contributed by atoms with Crippen LogP contribution in [0.3, 0.4) is 0 Å². The van der Waals surface area contributed by atoms with Crippen LogP contribution in [0.15, 0.2) is 39.9 Å². The minimum Gasteiger partial charge on any atom is -0.507 e. The molecule has 1 aliphatic carbocycles. The van der Waals surface area contributed by atoms with E-state index in [1.165, 1.54) is 6.07 Å². The number of aliphatic imine (C=N–C) groups is 1. The van der Waals surface area contributed by atoms with Gasteiger partial charge in [0.15, 0.2) is 11.7 Å². The minimum absolute atomic E-state index is 0.0951. The number of amidine groups is 2. The van der Waals surface area contributed by atoms with Gasteiger partial charge >= 0.3 is 10.2 Å². The number of aromatic nitrogens is 1. The lowest BCUT2D eigenvalue weighted by Crippen LogP contribution is -2.58. The second-order valence-electron chi connectivity index (χ2n) is 11.3. The zero-order chi connectivity index (χ0) is 30.3. The van der Waals surface area contributed by atoms with E-state index in [9.17, 15) is 18.3 Å². The SMILES string of the molecule is CC[C@H]1CN(c2ncc(NC3=NS(=O)(=O)NC3=NC3CC3)cc2Cl)CCN1C1CCN(C(=O)c2ccc(Cl)cc2O)CC1. The van der Waals surface area contributed by atoms with Crippen molar-refractivity contribution in [1.29, 1.82) is 0 Å². The average Bonchev–Trinajstić information content (AvgIpc) is 3.75. The molecule has 2 aromatic rings. The Kier molecular flexibility index (Phi) is 8.42. The third-order valence-corrected chi connectivity index (χ3v) is 9.70. The van der Waals surface area contributed by atoms with E-state index < -0.39 is 10.2 Å². The van der Waals surface area contributed by atoms with Crippen molar-refractivity contribution in [3.05, 3.63) is 46.1 Å². The molecule has 3 fully saturated rings. The van der Waals surface area contributed by atoms with Crippen LogP contribution in [0.2, 0.25) is 10.0 Å². The van der Waals surface area contributed by atoms with Crippen LogP contribution in [0, 0.1) is 0 Å². The van der Waals surface area contributed by atoms with Gasteiger partial charge in [-0.1, -0.05) is 30.1 Å². The summed E-state index contributed by atoms with van der Waals surface area (Å²) in [5.74, 6) is 0.757. The fourth-order valence-electron chi connectivity index (χ4n) is 5.94. The molecule has 43 heavy (non-hydrogen) atoms. The maximum absolute atomic E-state index is 13.0. The highest BCUT2D eigenvalue weighted by Crippen LogP contribution is 2.32. The molecule has 230 valence electrons. The number of phenols is 1. The summed E-state index contributed by atoms with van der Waals surface area (Å²) in [6.07, 6.45) is 6.16. The molecule has 4 heterocycles. The van der Waals surface area contributed by atoms with E-state index in [1.807, 2.05) is 0 Å². The van der Waals surface area contributed by atoms with Crippen LogP contribution in [-0.2, 0) is 10.2 Å². The van der Waals surface area contributed by atoms with Gasteiger partial charge in [0.05, 0.1) is 28.5 Å². The Hall–Kier alpha value is -3.13. The van der Waals surface area contributed by atoms with E-state index in [0.29, 0.717) is 46.7 Å². The molecule has 0 spiro atoms. The van der Waals surface area contributed by atoms with Crippen LogP contribution in [0.5, 0.6) is 5.75 Å². The van der Waals surface area contributed by atoms with Crippen molar-refractivity contribution in [2.45, 2.75) is 57.2 Å². The van der Waals surface area contributed by atoms with Crippen molar-refractivity contribution in [2.75, 3.05) is 42.9 Å². The van der Waals surface area contributed by atoms with Crippen molar-refractivity contribution in [3.8, 4) is 5.75 Å². The summed E-state index contributed by atoms with van der Waals surface area (Å²) in [5.41, 5.74) is 0.798. The number of nitrogens with one attached hydrogen (secondary N) is 2. The summed E-state index contributed by atoms with van der Waals surface area (Å²) in [6, 6.07) is 7.09. The highest BCUT2D eigenvalue weighted by atomic mass is 35.5. The molecule has 6 rings (SSSR count). The number of hydrogen-bond acceptors (Lipinski definition) is 9. The number of piperazine rings is 1. The number of pyridine rings is 1. The van der Waals surface area contributed by atoms with E-state index in [4.69, 9.17) is 23.2 Å². The van der Waals surface area contributed by atoms with E-state index in [1.54, 1.807) is 29.3 Å². The smallest absolute Gasteiger partial charge is 0.345 e. The third-order valence-electron chi connectivity index (χ3n) is 8.31. The van der Waals surface area contributed by atoms with Gasteiger partial charge in [0.2, 0.25) is 0 Å². The lowest BCUT2D eigenvalue weighted by atomic mass is 9.97. The zero-order valence-electron chi connectivity index (χ0n) is 23.7. The Balaban J connectivity index is 1.07. The number of anilines is 2. The molecule has 1 aromatic heterocycles. The number of benzene rings is 1. The molecule has 3 aliphatic heterocycles. The van der Waals surface area contributed by atoms with Crippen LogP contribution in [0.1, 0.15) is 49.4 Å². The fourth-order valence-corrected chi connectivity index (χ4v) is 7.21. The first-order valence-electron chi connectivity index (χ1n) is 14.5. The summed E-state index contributed by atoms with van der Waals surface area (Å²) >= 11 is 12.6. The highest BCUT2D eigenvalue weighted by Gasteiger charge is 2.35. The van der Waals surface area contributed by atoms with E-state index in [-0.39, 0.29) is 34.9 Å². The Morgan fingerprint density at radius 2 is 1.91 bits per heavy atom. The summed E-state index contributed by atoms with van der Waals surface area (Å²) in [7, 11) is -3.82. The topological polar surface area (TPSA) is 143 Å². The van der Waals surface area contributed by atoms with Crippen molar-refractivity contribution in [1.82, 2.24) is 19.5 Å². The van der Waals surface area contributed by atoms with Crippen LogP contribution in [0.4, 0.5) is 11.5 Å². The predicted molar refractivity (Wildman–Crippen MR) is 168 cm³/mol. The van der Waals surface area contributed by atoms with E-state index in [2.05, 4.69) is 41.1 Å². The number of piperidine rings is 1. The van der Waals surface area contributed by atoms with Gasteiger partial charge in [0.1, 0.15) is 11.6 Å². The van der Waals surface area contributed by atoms with Gasteiger partial charge in [-0.2, -0.15) is 8.42 Å². The van der Waals surface area contributed by atoms with Crippen LogP contribution < -0.4 is 14.9 Å². The standard InChI is InChI=1S/C28H34Cl2N8O4S/c1-2-20-16-37(11-12-38(20)21-7-9-36(10-8-21)28(40)22-6-3-17(29)13-24(22)39)27-23(30)14-19(15-31-27)33-26-25(32-18-4-5-18)34-43(41,42)35-26/h3,6,13-15,18,20-21,39H,2,4-5,7-12,16H2,1H3,(H,32,34)(H,33,35)/t20-/m0/s1. The lowest BCUT2D eigenvalue weighted by molar-refractivity contribution is 0.0489. The Morgan fingerprint density at radius 3 is 2.58 bits per heavy atom. The van der Waals surface area contributed by atoms with Gasteiger partial charge in [-0.25, -0.2) is 9.71 Å². The van der Waals surface area contributed by atoms with Gasteiger partial charge < -0.3 is 20.2 Å². The zero-order valence-corrected chi connectivity index (χ0v) is 26.0. The largest absolute Gasteiger partial charge is 0.507 e. The molecule has 0 radical (unpaired) electrons. The maximum atomic E-state index is 13.0. The molecule has 1 aromatic carbocycles. The van der Waals surface area contributed by atoms with Crippen molar-refractivity contribution >= 4 is 62.5 Å². The monoisotopic (exact) mass is 648 g/mol. The molecule has 15 heteroatoms. The van der Waals surface area contributed by atoms with Gasteiger partial charge in [-0.15, -0.1) is 4.40 Å². The number of carbonyl (C=O) groups is 1. The molecule has 1 saturated carbocycles. The first-order chi connectivity index (χ1) is 20.6. The predicted octanol–water partition coefficient (Wildman–Crippen LogP) is 3.52. The van der Waals surface area contributed by atoms with Gasteiger partial charge in [-0.3, -0.25) is 14.7 Å². The quantitative estimate of drug-likeness (QED) is 0.432. The molecule has 1 atom stereocenters. The first kappa shape index (κ1) is 29.9. The summed E-state index contributed by atoms with van der Waals surface area (Å²) < 4.78 is 30.1. The molecule has 4 aliphatic rings. The van der Waals surface area contributed by atoms with Crippen LogP contribution >= 0.6 is 23.2 Å². The molecular formula is C28H34Cl2N8O4S. The number of carbonyl (C=O) groups excluding carboxylic acids is 1.